The number of hydrogen-bond donors (Lipinski definition) is 4. The van der Waals surface area contributed by atoms with Crippen molar-refractivity contribution >= 4 is 35.6 Å². The molecule has 2 heterocycles. The normalized spacial score (nSPS) is 26.4. The van der Waals surface area contributed by atoms with Gasteiger partial charge in [-0.15, -0.1) is 12.6 Å². The highest BCUT2D eigenvalue weighted by Gasteiger charge is 2.29. The van der Waals surface area contributed by atoms with Gasteiger partial charge in [0.25, 0.3) is 0 Å². The Kier molecular flexibility index (Phi) is 1.68. The number of amides is 1. The molecule has 0 aliphatic carbocycles. The maximum atomic E-state index is 11.5. The van der Waals surface area contributed by atoms with Gasteiger partial charge in [-0.25, -0.2) is 0 Å². The summed E-state index contributed by atoms with van der Waals surface area (Å²) in [5.41, 5.74) is 3.91. The summed E-state index contributed by atoms with van der Waals surface area (Å²) in [6.45, 7) is 1.91. The quantitative estimate of drug-likeness (QED) is 0.505. The molecule has 2 aliphatic rings. The van der Waals surface area contributed by atoms with Crippen LogP contribution in [0.4, 0.5) is 17.1 Å². The maximum Gasteiger partial charge on any atom is 0.231 e. The molecule has 2 unspecified atom stereocenters. The number of anilines is 3. The fourth-order valence-corrected chi connectivity index (χ4v) is 2.31. The zero-order valence-corrected chi connectivity index (χ0v) is 9.06. The van der Waals surface area contributed by atoms with Crippen LogP contribution in [0.1, 0.15) is 18.4 Å². The Morgan fingerprint density at radius 3 is 2.60 bits per heavy atom. The predicted molar refractivity (Wildman–Crippen MR) is 63.5 cm³/mol. The van der Waals surface area contributed by atoms with Gasteiger partial charge in [0.1, 0.15) is 5.50 Å². The van der Waals surface area contributed by atoms with Crippen LogP contribution in [0.5, 0.6) is 0 Å². The molecule has 0 bridgehead atoms. The lowest BCUT2D eigenvalue weighted by atomic mass is 10.0. The van der Waals surface area contributed by atoms with Gasteiger partial charge in [-0.05, 0) is 24.6 Å². The zero-order chi connectivity index (χ0) is 10.6. The number of thiol groups is 1. The van der Waals surface area contributed by atoms with Crippen LogP contribution < -0.4 is 16.0 Å². The molecule has 15 heavy (non-hydrogen) atoms. The maximum absolute atomic E-state index is 11.5. The van der Waals surface area contributed by atoms with Crippen molar-refractivity contribution in [1.82, 2.24) is 0 Å². The van der Waals surface area contributed by atoms with Crippen molar-refractivity contribution in [3.05, 3.63) is 17.7 Å². The number of carbonyl (C=O) groups excluding carboxylic acids is 1. The molecule has 1 aromatic carbocycles. The van der Waals surface area contributed by atoms with Crippen molar-refractivity contribution in [1.29, 1.82) is 0 Å². The lowest BCUT2D eigenvalue weighted by Crippen LogP contribution is -2.13. The number of nitrogens with one attached hydrogen (secondary N) is 3. The summed E-state index contributed by atoms with van der Waals surface area (Å²) < 4.78 is 0. The first-order valence-corrected chi connectivity index (χ1v) is 5.37. The summed E-state index contributed by atoms with van der Waals surface area (Å²) in [6, 6.07) is 3.96. The standard InChI is InChI=1S/C10H11N3OS/c1-4-5-2-7-8(13-10(15)12-7)3-6(5)11-9(4)14/h2-4,10,12-13,15H,1H3,(H,11,14). The van der Waals surface area contributed by atoms with Gasteiger partial charge in [-0.1, -0.05) is 0 Å². The molecule has 2 aliphatic heterocycles. The van der Waals surface area contributed by atoms with E-state index in [0.29, 0.717) is 0 Å². The van der Waals surface area contributed by atoms with Gasteiger partial charge in [-0.3, -0.25) is 4.79 Å². The van der Waals surface area contributed by atoms with Crippen LogP contribution in [-0.2, 0) is 4.79 Å². The lowest BCUT2D eigenvalue weighted by molar-refractivity contribution is -0.116. The first kappa shape index (κ1) is 8.91. The van der Waals surface area contributed by atoms with Gasteiger partial charge >= 0.3 is 0 Å². The smallest absolute Gasteiger partial charge is 0.231 e. The van der Waals surface area contributed by atoms with E-state index < -0.39 is 0 Å². The summed E-state index contributed by atoms with van der Waals surface area (Å²) >= 11 is 4.28. The van der Waals surface area contributed by atoms with Crippen LogP contribution in [0.15, 0.2) is 12.1 Å². The number of benzene rings is 1. The molecule has 0 saturated heterocycles. The van der Waals surface area contributed by atoms with E-state index in [4.69, 9.17) is 0 Å². The number of fused-ring (bicyclic) bond motifs is 2. The molecule has 0 radical (unpaired) electrons. The van der Waals surface area contributed by atoms with Crippen molar-refractivity contribution in [2.24, 2.45) is 0 Å². The van der Waals surface area contributed by atoms with Crippen molar-refractivity contribution in [3.8, 4) is 0 Å². The van der Waals surface area contributed by atoms with Crippen molar-refractivity contribution < 1.29 is 4.79 Å². The highest BCUT2D eigenvalue weighted by molar-refractivity contribution is 7.81. The third-order valence-corrected chi connectivity index (χ3v) is 3.15. The minimum atomic E-state index is -0.0638. The van der Waals surface area contributed by atoms with E-state index in [1.54, 1.807) is 0 Å². The van der Waals surface area contributed by atoms with E-state index in [-0.39, 0.29) is 17.3 Å². The molecule has 3 N–H and O–H groups in total. The Morgan fingerprint density at radius 2 is 1.87 bits per heavy atom. The van der Waals surface area contributed by atoms with Crippen LogP contribution in [0.2, 0.25) is 0 Å². The van der Waals surface area contributed by atoms with Gasteiger partial charge in [-0.2, -0.15) is 0 Å². The lowest BCUT2D eigenvalue weighted by Gasteiger charge is -2.04. The van der Waals surface area contributed by atoms with Crippen LogP contribution >= 0.6 is 12.6 Å². The van der Waals surface area contributed by atoms with Gasteiger partial charge in [0.2, 0.25) is 5.91 Å². The van der Waals surface area contributed by atoms with E-state index in [9.17, 15) is 4.79 Å². The number of rotatable bonds is 0. The van der Waals surface area contributed by atoms with Crippen molar-refractivity contribution in [2.45, 2.75) is 18.3 Å². The summed E-state index contributed by atoms with van der Waals surface area (Å²) in [5, 5.41) is 9.19. The molecular formula is C10H11N3OS. The Hall–Kier alpha value is -1.36. The van der Waals surface area contributed by atoms with Gasteiger partial charge in [0.15, 0.2) is 0 Å². The van der Waals surface area contributed by atoms with Crippen molar-refractivity contribution in [3.63, 3.8) is 0 Å². The first-order valence-electron chi connectivity index (χ1n) is 4.85. The zero-order valence-electron chi connectivity index (χ0n) is 8.16. The molecule has 4 nitrogen and oxygen atoms in total. The average Bonchev–Trinajstić information content (AvgIpc) is 2.65. The Labute approximate surface area is 92.8 Å². The molecule has 3 rings (SSSR count). The second-order valence-electron chi connectivity index (χ2n) is 3.89. The number of hydrogen-bond acceptors (Lipinski definition) is 4. The monoisotopic (exact) mass is 221 g/mol. The minimum Gasteiger partial charge on any atom is -0.355 e. The highest BCUT2D eigenvalue weighted by Crippen LogP contribution is 2.41. The van der Waals surface area contributed by atoms with E-state index in [0.717, 1.165) is 22.6 Å². The average molecular weight is 221 g/mol. The van der Waals surface area contributed by atoms with Crippen LogP contribution in [0.3, 0.4) is 0 Å². The molecule has 0 fully saturated rings. The van der Waals surface area contributed by atoms with E-state index in [2.05, 4.69) is 28.6 Å². The Balaban J connectivity index is 2.11. The van der Waals surface area contributed by atoms with E-state index in [1.165, 1.54) is 0 Å². The molecule has 0 saturated carbocycles. The van der Waals surface area contributed by atoms with E-state index in [1.807, 2.05) is 19.1 Å². The first-order chi connectivity index (χ1) is 7.15. The molecule has 5 heteroatoms. The summed E-state index contributed by atoms with van der Waals surface area (Å²) in [5.74, 6) is 0.00200. The molecule has 1 amide bonds. The Bertz CT molecular complexity index is 460. The summed E-state index contributed by atoms with van der Waals surface area (Å²) in [7, 11) is 0. The van der Waals surface area contributed by atoms with Crippen LogP contribution in [0.25, 0.3) is 0 Å². The van der Waals surface area contributed by atoms with Crippen molar-refractivity contribution in [2.75, 3.05) is 16.0 Å². The molecule has 0 spiro atoms. The third kappa shape index (κ3) is 1.19. The largest absolute Gasteiger partial charge is 0.355 e. The molecule has 0 aromatic heterocycles. The second-order valence-corrected chi connectivity index (χ2v) is 4.40. The van der Waals surface area contributed by atoms with Crippen LogP contribution in [0, 0.1) is 0 Å². The SMILES string of the molecule is CC1C(=O)Nc2cc3c(cc21)NC(S)N3. The topological polar surface area (TPSA) is 53.2 Å². The van der Waals surface area contributed by atoms with Gasteiger partial charge < -0.3 is 16.0 Å². The molecular weight excluding hydrogens is 210 g/mol. The fourth-order valence-electron chi connectivity index (χ4n) is 2.03. The fraction of sp³-hybridized carbons (Fsp3) is 0.300. The van der Waals surface area contributed by atoms with Gasteiger partial charge in [0, 0.05) is 5.69 Å². The molecule has 1 aromatic rings. The Morgan fingerprint density at radius 1 is 1.20 bits per heavy atom. The highest BCUT2D eigenvalue weighted by atomic mass is 32.1. The van der Waals surface area contributed by atoms with E-state index >= 15 is 0 Å². The minimum absolute atomic E-state index is 0.0477. The summed E-state index contributed by atoms with van der Waals surface area (Å²) in [6.07, 6.45) is 0. The summed E-state index contributed by atoms with van der Waals surface area (Å²) in [4.78, 5) is 11.5. The van der Waals surface area contributed by atoms with Gasteiger partial charge in [0.05, 0.1) is 17.3 Å². The predicted octanol–water partition coefficient (Wildman–Crippen LogP) is 1.79. The molecule has 78 valence electrons. The molecule has 2 atom stereocenters. The van der Waals surface area contributed by atoms with Crippen LogP contribution in [-0.4, -0.2) is 11.4 Å². The second kappa shape index (κ2) is 2.82. The number of carbonyl (C=O) groups is 1. The third-order valence-electron chi connectivity index (χ3n) is 2.89.